The highest BCUT2D eigenvalue weighted by atomic mass is 16.2. The van der Waals surface area contributed by atoms with Gasteiger partial charge in [0.15, 0.2) is 0 Å². The molecule has 1 atom stereocenters. The SMILES string of the molecule is Cc1ccc(NC(=O)C(=O)NC[C@H](c2ccc(N(C)C)cc2)[NH+]2CCCC2)cc1C. The summed E-state index contributed by atoms with van der Waals surface area (Å²) in [5, 5.41) is 5.56. The minimum absolute atomic E-state index is 0.141. The number of nitrogens with one attached hydrogen (secondary N) is 3. The molecule has 2 aromatic carbocycles. The van der Waals surface area contributed by atoms with E-state index in [1.807, 2.05) is 46.1 Å². The van der Waals surface area contributed by atoms with Crippen molar-refractivity contribution in [2.75, 3.05) is 43.9 Å². The van der Waals surface area contributed by atoms with E-state index in [1.54, 1.807) is 0 Å². The van der Waals surface area contributed by atoms with Crippen molar-refractivity contribution in [1.82, 2.24) is 5.32 Å². The zero-order valence-corrected chi connectivity index (χ0v) is 18.4. The molecule has 3 rings (SSSR count). The maximum absolute atomic E-state index is 12.5. The van der Waals surface area contributed by atoms with E-state index < -0.39 is 11.8 Å². The van der Waals surface area contributed by atoms with Crippen molar-refractivity contribution in [2.45, 2.75) is 32.7 Å². The summed E-state index contributed by atoms with van der Waals surface area (Å²) in [5.41, 5.74) is 5.19. The van der Waals surface area contributed by atoms with Crippen LogP contribution in [0.5, 0.6) is 0 Å². The Hall–Kier alpha value is -2.86. The first kappa shape index (κ1) is 21.8. The van der Waals surface area contributed by atoms with Crippen LogP contribution < -0.4 is 20.4 Å². The van der Waals surface area contributed by atoms with Gasteiger partial charge in [0, 0.05) is 43.9 Å². The van der Waals surface area contributed by atoms with Gasteiger partial charge in [0.05, 0.1) is 19.6 Å². The van der Waals surface area contributed by atoms with Gasteiger partial charge in [0.2, 0.25) is 0 Å². The zero-order chi connectivity index (χ0) is 21.7. The lowest BCUT2D eigenvalue weighted by molar-refractivity contribution is -0.918. The molecule has 2 amide bonds. The Balaban J connectivity index is 1.64. The van der Waals surface area contributed by atoms with Crippen LogP contribution in [0.15, 0.2) is 42.5 Å². The summed E-state index contributed by atoms with van der Waals surface area (Å²) in [7, 11) is 4.04. The number of likely N-dealkylation sites (tertiary alicyclic amines) is 1. The molecule has 30 heavy (non-hydrogen) atoms. The van der Waals surface area contributed by atoms with Crippen LogP contribution in [0.25, 0.3) is 0 Å². The number of quaternary nitrogens is 1. The van der Waals surface area contributed by atoms with Crippen LogP contribution in [0.1, 0.15) is 35.6 Å². The summed E-state index contributed by atoms with van der Waals surface area (Å²) in [5.74, 6) is -1.22. The van der Waals surface area contributed by atoms with E-state index in [1.165, 1.54) is 23.3 Å². The first-order valence-corrected chi connectivity index (χ1v) is 10.6. The van der Waals surface area contributed by atoms with Crippen LogP contribution in [-0.2, 0) is 9.59 Å². The fourth-order valence-corrected chi connectivity index (χ4v) is 3.96. The highest BCUT2D eigenvalue weighted by molar-refractivity contribution is 6.39. The van der Waals surface area contributed by atoms with Crippen molar-refractivity contribution in [3.05, 3.63) is 59.2 Å². The molecule has 0 saturated carbocycles. The minimum atomic E-state index is -0.628. The minimum Gasteiger partial charge on any atom is -0.378 e. The van der Waals surface area contributed by atoms with Gasteiger partial charge in [-0.15, -0.1) is 0 Å². The van der Waals surface area contributed by atoms with E-state index in [2.05, 4.69) is 39.8 Å². The van der Waals surface area contributed by atoms with Gasteiger partial charge >= 0.3 is 11.8 Å². The quantitative estimate of drug-likeness (QED) is 0.638. The zero-order valence-electron chi connectivity index (χ0n) is 18.4. The lowest BCUT2D eigenvalue weighted by Crippen LogP contribution is -3.11. The third-order valence-corrected chi connectivity index (χ3v) is 5.99. The molecule has 0 bridgehead atoms. The Bertz CT molecular complexity index is 887. The van der Waals surface area contributed by atoms with E-state index in [0.717, 1.165) is 29.9 Å². The number of rotatable bonds is 6. The number of aryl methyl sites for hydroxylation is 2. The third-order valence-electron chi connectivity index (χ3n) is 5.99. The van der Waals surface area contributed by atoms with Crippen molar-refractivity contribution in [1.29, 1.82) is 0 Å². The summed E-state index contributed by atoms with van der Waals surface area (Å²) >= 11 is 0. The van der Waals surface area contributed by atoms with Crippen molar-refractivity contribution in [2.24, 2.45) is 0 Å². The second-order valence-electron chi connectivity index (χ2n) is 8.37. The Morgan fingerprint density at radius 2 is 1.63 bits per heavy atom. The van der Waals surface area contributed by atoms with Crippen LogP contribution in [0, 0.1) is 13.8 Å². The molecule has 0 aliphatic carbocycles. The summed E-state index contributed by atoms with van der Waals surface area (Å²) in [6, 6.07) is 14.2. The summed E-state index contributed by atoms with van der Waals surface area (Å²) < 4.78 is 0. The topological polar surface area (TPSA) is 65.9 Å². The predicted molar refractivity (Wildman–Crippen MR) is 121 cm³/mol. The second-order valence-corrected chi connectivity index (χ2v) is 8.37. The average Bonchev–Trinajstić information content (AvgIpc) is 3.25. The van der Waals surface area contributed by atoms with E-state index in [4.69, 9.17) is 0 Å². The number of benzene rings is 2. The molecular weight excluding hydrogens is 376 g/mol. The maximum atomic E-state index is 12.5. The Kier molecular flexibility index (Phi) is 7.11. The Morgan fingerprint density at radius 1 is 0.967 bits per heavy atom. The summed E-state index contributed by atoms with van der Waals surface area (Å²) in [6.45, 7) is 6.61. The van der Waals surface area contributed by atoms with Crippen LogP contribution in [0.2, 0.25) is 0 Å². The molecular formula is C24H33N4O2+. The van der Waals surface area contributed by atoms with Gasteiger partial charge in [0.1, 0.15) is 6.04 Å². The molecule has 1 aliphatic rings. The van der Waals surface area contributed by atoms with E-state index in [9.17, 15) is 9.59 Å². The average molecular weight is 410 g/mol. The standard InChI is InChI=1S/C24H32N4O2/c1-17-7-10-20(15-18(17)2)26-24(30)23(29)25-16-22(28-13-5-6-14-28)19-8-11-21(12-9-19)27(3)4/h7-12,15,22H,5-6,13-14,16H2,1-4H3,(H,25,29)(H,26,30)/p+1/t22-/m1/s1. The third kappa shape index (κ3) is 5.39. The second kappa shape index (κ2) is 9.76. The largest absolute Gasteiger partial charge is 0.378 e. The van der Waals surface area contributed by atoms with Crippen LogP contribution in [0.3, 0.4) is 0 Å². The van der Waals surface area contributed by atoms with Gasteiger partial charge in [-0.25, -0.2) is 0 Å². The van der Waals surface area contributed by atoms with E-state index in [0.29, 0.717) is 12.2 Å². The smallest absolute Gasteiger partial charge is 0.313 e. The summed E-state index contributed by atoms with van der Waals surface area (Å²) in [4.78, 5) is 28.3. The molecule has 6 nitrogen and oxygen atoms in total. The Morgan fingerprint density at radius 3 is 2.23 bits per heavy atom. The number of nitrogens with zero attached hydrogens (tertiary/aromatic N) is 1. The Labute approximate surface area is 179 Å². The van der Waals surface area contributed by atoms with Crippen molar-refractivity contribution < 1.29 is 14.5 Å². The lowest BCUT2D eigenvalue weighted by Gasteiger charge is -2.25. The normalized spacial score (nSPS) is 14.9. The fourth-order valence-electron chi connectivity index (χ4n) is 3.96. The highest BCUT2D eigenvalue weighted by Gasteiger charge is 2.28. The number of amides is 2. The van der Waals surface area contributed by atoms with Crippen molar-refractivity contribution >= 4 is 23.2 Å². The predicted octanol–water partition coefficient (Wildman–Crippen LogP) is 1.84. The summed E-state index contributed by atoms with van der Waals surface area (Å²) in [6.07, 6.45) is 2.39. The van der Waals surface area contributed by atoms with Gasteiger partial charge < -0.3 is 20.4 Å². The number of carbonyl (C=O) groups excluding carboxylic acids is 2. The monoisotopic (exact) mass is 409 g/mol. The number of hydrogen-bond donors (Lipinski definition) is 3. The molecule has 1 saturated heterocycles. The molecule has 3 N–H and O–H groups in total. The van der Waals surface area contributed by atoms with Gasteiger partial charge in [-0.05, 0) is 49.2 Å². The lowest BCUT2D eigenvalue weighted by atomic mass is 10.0. The number of carbonyl (C=O) groups is 2. The van der Waals surface area contributed by atoms with Crippen LogP contribution >= 0.6 is 0 Å². The maximum Gasteiger partial charge on any atom is 0.313 e. The number of anilines is 2. The molecule has 1 aliphatic heterocycles. The molecule has 0 radical (unpaired) electrons. The van der Waals surface area contributed by atoms with Crippen LogP contribution in [0.4, 0.5) is 11.4 Å². The fraction of sp³-hybridized carbons (Fsp3) is 0.417. The first-order chi connectivity index (χ1) is 14.3. The molecule has 1 heterocycles. The molecule has 6 heteroatoms. The first-order valence-electron chi connectivity index (χ1n) is 10.6. The molecule has 0 aromatic heterocycles. The van der Waals surface area contributed by atoms with Crippen LogP contribution in [-0.4, -0.2) is 45.5 Å². The van der Waals surface area contributed by atoms with Gasteiger partial charge in [-0.3, -0.25) is 9.59 Å². The highest BCUT2D eigenvalue weighted by Crippen LogP contribution is 2.17. The van der Waals surface area contributed by atoms with E-state index in [-0.39, 0.29) is 6.04 Å². The van der Waals surface area contributed by atoms with Gasteiger partial charge in [-0.1, -0.05) is 18.2 Å². The van der Waals surface area contributed by atoms with Crippen molar-refractivity contribution in [3.63, 3.8) is 0 Å². The van der Waals surface area contributed by atoms with Gasteiger partial charge in [-0.2, -0.15) is 0 Å². The molecule has 1 fully saturated rings. The number of hydrogen-bond acceptors (Lipinski definition) is 3. The molecule has 2 aromatic rings. The molecule has 0 unspecified atom stereocenters. The van der Waals surface area contributed by atoms with Crippen molar-refractivity contribution in [3.8, 4) is 0 Å². The van der Waals surface area contributed by atoms with E-state index >= 15 is 0 Å². The van der Waals surface area contributed by atoms with Gasteiger partial charge in [0.25, 0.3) is 0 Å². The molecule has 0 spiro atoms. The molecule has 160 valence electrons.